The number of fused-ring (bicyclic) bond motifs is 1. The van der Waals surface area contributed by atoms with Crippen LogP contribution in [0.25, 0.3) is 0 Å². The molecule has 0 N–H and O–H groups in total. The van der Waals surface area contributed by atoms with E-state index in [1.165, 1.54) is 30.4 Å². The number of rotatable bonds is 10. The number of halogens is 1. The normalized spacial score (nSPS) is 35.6. The van der Waals surface area contributed by atoms with Gasteiger partial charge in [-0.15, -0.1) is 0 Å². The number of alkyl halides is 1. The molecule has 8 atom stereocenters. The molecule has 5 heteroatoms. The molecule has 2 aromatic rings. The number of hydrogen-bond donors (Lipinski definition) is 0. The Morgan fingerprint density at radius 1 is 0.865 bits per heavy atom. The highest BCUT2D eigenvalue weighted by Crippen LogP contribution is 2.60. The molecule has 200 valence electrons. The van der Waals surface area contributed by atoms with Crippen molar-refractivity contribution < 1.29 is 19.0 Å². The van der Waals surface area contributed by atoms with E-state index in [0.29, 0.717) is 49.5 Å². The minimum Gasteiger partial charge on any atom is -0.464 e. The Labute approximate surface area is 236 Å². The van der Waals surface area contributed by atoms with E-state index >= 15 is 0 Å². The molecule has 3 saturated carbocycles. The first-order chi connectivity index (χ1) is 18.1. The number of hydrogen-bond acceptors (Lipinski definition) is 4. The van der Waals surface area contributed by atoms with Gasteiger partial charge in [-0.3, -0.25) is 4.79 Å². The Morgan fingerprint density at radius 3 is 2.19 bits per heavy atom. The van der Waals surface area contributed by atoms with Gasteiger partial charge in [0.15, 0.2) is 0 Å². The van der Waals surface area contributed by atoms with Gasteiger partial charge in [0, 0.05) is 10.8 Å². The predicted octanol–water partition coefficient (Wildman–Crippen LogP) is 7.38. The van der Waals surface area contributed by atoms with Gasteiger partial charge in [-0.05, 0) is 78.7 Å². The number of carbonyl (C=O) groups is 1. The minimum atomic E-state index is -0.0432. The summed E-state index contributed by atoms with van der Waals surface area (Å²) in [6, 6.07) is 20.9. The van der Waals surface area contributed by atoms with Crippen LogP contribution in [0.3, 0.4) is 0 Å². The summed E-state index contributed by atoms with van der Waals surface area (Å²) in [6.07, 6.45) is 8.17. The molecular weight excluding hydrogens is 575 g/mol. The maximum Gasteiger partial charge on any atom is 0.293 e. The third-order valence-corrected chi connectivity index (χ3v) is 10.8. The molecule has 3 aliphatic carbocycles. The second-order valence-corrected chi connectivity index (χ2v) is 12.5. The zero-order chi connectivity index (χ0) is 25.7. The van der Waals surface area contributed by atoms with Crippen LogP contribution in [0.15, 0.2) is 60.7 Å². The molecule has 3 aliphatic rings. The van der Waals surface area contributed by atoms with Gasteiger partial charge < -0.3 is 14.2 Å². The molecule has 0 aliphatic heterocycles. The fraction of sp³-hybridized carbons (Fsp3) is 0.594. The molecule has 0 amide bonds. The first-order valence-corrected chi connectivity index (χ1v) is 15.6. The smallest absolute Gasteiger partial charge is 0.293 e. The van der Waals surface area contributed by atoms with Crippen LogP contribution in [0.5, 0.6) is 0 Å². The molecule has 0 aromatic heterocycles. The quantitative estimate of drug-likeness (QED) is 0.159. The van der Waals surface area contributed by atoms with Crippen molar-refractivity contribution in [3.05, 3.63) is 71.8 Å². The first kappa shape index (κ1) is 27.1. The molecule has 5 rings (SSSR count). The molecule has 0 unspecified atom stereocenters. The Kier molecular flexibility index (Phi) is 9.25. The number of ether oxygens (including phenoxy) is 3. The van der Waals surface area contributed by atoms with Gasteiger partial charge in [0.1, 0.15) is 6.10 Å². The lowest BCUT2D eigenvalue weighted by molar-refractivity contribution is -0.149. The second kappa shape index (κ2) is 12.6. The van der Waals surface area contributed by atoms with Crippen LogP contribution in [-0.4, -0.2) is 29.2 Å². The van der Waals surface area contributed by atoms with Crippen molar-refractivity contribution in [1.82, 2.24) is 0 Å². The molecule has 0 spiro atoms. The zero-order valence-corrected chi connectivity index (χ0v) is 24.1. The summed E-state index contributed by atoms with van der Waals surface area (Å²) >= 11 is 2.62. The van der Waals surface area contributed by atoms with Crippen molar-refractivity contribution in [2.24, 2.45) is 29.1 Å². The number of benzene rings is 2. The lowest BCUT2D eigenvalue weighted by atomic mass is 9.56. The zero-order valence-electron chi connectivity index (χ0n) is 22.0. The van der Waals surface area contributed by atoms with E-state index in [2.05, 4.69) is 84.1 Å². The highest BCUT2D eigenvalue weighted by atomic mass is 127. The molecule has 3 fully saturated rings. The van der Waals surface area contributed by atoms with Crippen LogP contribution in [-0.2, 0) is 32.2 Å². The van der Waals surface area contributed by atoms with E-state index in [-0.39, 0.29) is 17.6 Å². The molecule has 0 bridgehead atoms. The Hall–Kier alpha value is -1.44. The Balaban J connectivity index is 1.23. The van der Waals surface area contributed by atoms with Crippen molar-refractivity contribution in [3.63, 3.8) is 0 Å². The third kappa shape index (κ3) is 6.09. The molecule has 4 nitrogen and oxygen atoms in total. The van der Waals surface area contributed by atoms with Crippen molar-refractivity contribution in [2.45, 2.75) is 83.4 Å². The molecular formula is C32H41IO4. The fourth-order valence-electron chi connectivity index (χ4n) is 7.84. The van der Waals surface area contributed by atoms with Gasteiger partial charge >= 0.3 is 0 Å². The Bertz CT molecular complexity index is 985. The highest BCUT2D eigenvalue weighted by molar-refractivity contribution is 14.1. The summed E-state index contributed by atoms with van der Waals surface area (Å²) in [5, 5.41) is 0. The van der Waals surface area contributed by atoms with Crippen LogP contribution in [0.2, 0.25) is 0 Å². The lowest BCUT2D eigenvalue weighted by Crippen LogP contribution is -2.49. The van der Waals surface area contributed by atoms with Crippen molar-refractivity contribution in [3.8, 4) is 0 Å². The third-order valence-electron chi connectivity index (χ3n) is 9.78. The van der Waals surface area contributed by atoms with Gasteiger partial charge in [0.25, 0.3) is 6.47 Å². The van der Waals surface area contributed by atoms with Crippen LogP contribution in [0.4, 0.5) is 0 Å². The van der Waals surface area contributed by atoms with E-state index in [0.717, 1.165) is 30.1 Å². The topological polar surface area (TPSA) is 44.8 Å². The van der Waals surface area contributed by atoms with E-state index in [1.54, 1.807) is 0 Å². The average molecular weight is 617 g/mol. The lowest BCUT2D eigenvalue weighted by Gasteiger charge is -2.52. The molecule has 2 aromatic carbocycles. The SMILES string of the molecule is C[C@]12CC[C@H]([C@H]3CC[C@H](OCc4ccccc4)C[C@@H]3OC=O)[C@@H](CI)[C@@H]1CC[C@@H]2OCc1ccccc1. The van der Waals surface area contributed by atoms with E-state index < -0.39 is 0 Å². The standard InChI is InChI=1S/C32H41IO4/c1-32-17-16-26(28(19-33)29(32)14-15-31(32)36-21-24-10-6-3-7-11-24)27-13-12-25(18-30(27)37-22-34)35-20-23-8-4-2-5-9-23/h2-11,22,25-31H,12-21H2,1H3/t25-,26+,27+,28+,29-,30-,31-,32-/m0/s1. The van der Waals surface area contributed by atoms with Crippen LogP contribution < -0.4 is 0 Å². The van der Waals surface area contributed by atoms with Gasteiger partial charge in [0.05, 0.1) is 25.4 Å². The highest BCUT2D eigenvalue weighted by Gasteiger charge is 2.56. The maximum absolute atomic E-state index is 11.5. The van der Waals surface area contributed by atoms with Crippen LogP contribution >= 0.6 is 22.6 Å². The van der Waals surface area contributed by atoms with E-state index in [4.69, 9.17) is 14.2 Å². The molecule has 0 radical (unpaired) electrons. The summed E-state index contributed by atoms with van der Waals surface area (Å²) in [6.45, 7) is 4.48. The minimum absolute atomic E-state index is 0.0432. The molecule has 37 heavy (non-hydrogen) atoms. The maximum atomic E-state index is 11.5. The summed E-state index contributed by atoms with van der Waals surface area (Å²) in [5.41, 5.74) is 2.69. The van der Waals surface area contributed by atoms with E-state index in [1.807, 2.05) is 6.07 Å². The van der Waals surface area contributed by atoms with E-state index in [9.17, 15) is 4.79 Å². The first-order valence-electron chi connectivity index (χ1n) is 14.1. The Morgan fingerprint density at radius 2 is 1.54 bits per heavy atom. The monoisotopic (exact) mass is 616 g/mol. The summed E-state index contributed by atoms with van der Waals surface area (Å²) in [4.78, 5) is 11.5. The summed E-state index contributed by atoms with van der Waals surface area (Å²) in [7, 11) is 0. The summed E-state index contributed by atoms with van der Waals surface area (Å²) in [5.74, 6) is 2.35. The number of carbonyl (C=O) groups excluding carboxylic acids is 1. The van der Waals surface area contributed by atoms with Crippen molar-refractivity contribution in [1.29, 1.82) is 0 Å². The largest absolute Gasteiger partial charge is 0.464 e. The fourth-order valence-corrected chi connectivity index (χ4v) is 9.11. The van der Waals surface area contributed by atoms with Gasteiger partial charge in [0.2, 0.25) is 0 Å². The summed E-state index contributed by atoms with van der Waals surface area (Å²) < 4.78 is 19.8. The average Bonchev–Trinajstić information content (AvgIpc) is 3.28. The predicted molar refractivity (Wildman–Crippen MR) is 154 cm³/mol. The van der Waals surface area contributed by atoms with Gasteiger partial charge in [-0.1, -0.05) is 90.2 Å². The second-order valence-electron chi connectivity index (χ2n) is 11.7. The van der Waals surface area contributed by atoms with Gasteiger partial charge in [-0.25, -0.2) is 0 Å². The van der Waals surface area contributed by atoms with Crippen LogP contribution in [0, 0.1) is 29.1 Å². The molecule has 0 saturated heterocycles. The van der Waals surface area contributed by atoms with Gasteiger partial charge in [-0.2, -0.15) is 0 Å². The van der Waals surface area contributed by atoms with Crippen molar-refractivity contribution in [2.75, 3.05) is 4.43 Å². The molecule has 0 heterocycles. The van der Waals surface area contributed by atoms with Crippen LogP contribution in [0.1, 0.15) is 63.0 Å². The van der Waals surface area contributed by atoms with Crippen molar-refractivity contribution >= 4 is 29.1 Å².